The molecule has 0 spiro atoms. The lowest BCUT2D eigenvalue weighted by Crippen LogP contribution is -2.58. The van der Waals surface area contributed by atoms with Crippen molar-refractivity contribution in [2.24, 2.45) is 0 Å². The molecule has 2 aromatic rings. The third-order valence-corrected chi connectivity index (χ3v) is 8.65. The molecule has 34 heavy (non-hydrogen) atoms. The molecule has 1 aliphatic carbocycles. The number of carbonyl (C=O) groups is 1. The molecule has 1 aliphatic heterocycles. The molecule has 0 radical (unpaired) electrons. The average molecular weight is 501 g/mol. The van der Waals surface area contributed by atoms with Crippen molar-refractivity contribution in [2.75, 3.05) is 18.0 Å². The molecule has 0 bridgehead atoms. The number of anilines is 1. The Morgan fingerprint density at radius 2 is 1.71 bits per heavy atom. The van der Waals surface area contributed by atoms with E-state index >= 15 is 0 Å². The number of rotatable bonds is 4. The van der Waals surface area contributed by atoms with Crippen LogP contribution in [0.2, 0.25) is 0 Å². The number of carboxylic acids is 1. The van der Waals surface area contributed by atoms with Gasteiger partial charge in [-0.1, -0.05) is 6.07 Å². The maximum Gasteiger partial charge on any atom is 0.419 e. The van der Waals surface area contributed by atoms with E-state index in [1.165, 1.54) is 22.5 Å². The Kier molecular flexibility index (Phi) is 6.14. The minimum Gasteiger partial charge on any atom is -0.481 e. The van der Waals surface area contributed by atoms with E-state index in [2.05, 4.69) is 0 Å². The van der Waals surface area contributed by atoms with E-state index in [4.69, 9.17) is 0 Å². The number of nitrogens with zero attached hydrogens (tertiary/aromatic N) is 2. The maximum absolute atomic E-state index is 14.1. The fraction of sp³-hybridized carbons (Fsp3) is 0.435. The summed E-state index contributed by atoms with van der Waals surface area (Å²) in [5.41, 5.74) is 0.215. The number of alkyl halides is 3. The Labute approximate surface area is 194 Å². The lowest BCUT2D eigenvalue weighted by molar-refractivity contribution is -0.140. The summed E-state index contributed by atoms with van der Waals surface area (Å²) in [6.45, 7) is 3.65. The van der Waals surface area contributed by atoms with Crippen molar-refractivity contribution in [3.05, 3.63) is 58.9 Å². The lowest BCUT2D eigenvalue weighted by atomic mass is 10.0. The number of hydrogen-bond donors (Lipinski definition) is 1. The highest BCUT2D eigenvalue weighted by atomic mass is 32.2. The average Bonchev–Trinajstić information content (AvgIpc) is 3.15. The second-order valence-electron chi connectivity index (χ2n) is 8.89. The third kappa shape index (κ3) is 4.26. The Morgan fingerprint density at radius 1 is 1.06 bits per heavy atom. The van der Waals surface area contributed by atoms with Crippen molar-refractivity contribution in [2.45, 2.75) is 55.8 Å². The summed E-state index contributed by atoms with van der Waals surface area (Å²) in [6, 6.07) is 6.13. The molecule has 1 saturated heterocycles. The highest BCUT2D eigenvalue weighted by molar-refractivity contribution is 7.89. The monoisotopic (exact) mass is 500 g/mol. The molecule has 184 valence electrons. The first-order chi connectivity index (χ1) is 15.8. The second kappa shape index (κ2) is 8.53. The molecule has 0 saturated carbocycles. The molecule has 1 unspecified atom stereocenters. The fourth-order valence-electron chi connectivity index (χ4n) is 5.04. The SMILES string of the molecule is C[C@@H]1CN(c2ccc(C(F)(F)F)c(F)c2)C[C@H](C)N1S(=O)(=O)c1ccc2c(c1)C(C(=O)O)CC2. The molecule has 6 nitrogen and oxygen atoms in total. The minimum atomic E-state index is -4.80. The van der Waals surface area contributed by atoms with E-state index in [0.29, 0.717) is 24.5 Å². The first kappa shape index (κ1) is 24.5. The summed E-state index contributed by atoms with van der Waals surface area (Å²) in [5, 5.41) is 9.45. The molecule has 3 atom stereocenters. The number of piperazine rings is 1. The van der Waals surface area contributed by atoms with Crippen molar-refractivity contribution < 1.29 is 35.9 Å². The number of aryl methyl sites for hydroxylation is 1. The highest BCUT2D eigenvalue weighted by Crippen LogP contribution is 2.37. The van der Waals surface area contributed by atoms with Crippen LogP contribution < -0.4 is 4.90 Å². The Bertz CT molecular complexity index is 1220. The lowest BCUT2D eigenvalue weighted by Gasteiger charge is -2.44. The highest BCUT2D eigenvalue weighted by Gasteiger charge is 2.40. The molecule has 2 aliphatic rings. The van der Waals surface area contributed by atoms with Crippen LogP contribution in [0.1, 0.15) is 42.9 Å². The first-order valence-electron chi connectivity index (χ1n) is 10.8. The van der Waals surface area contributed by atoms with Gasteiger partial charge in [0, 0.05) is 30.9 Å². The second-order valence-corrected chi connectivity index (χ2v) is 10.7. The van der Waals surface area contributed by atoms with Crippen molar-refractivity contribution in [1.29, 1.82) is 0 Å². The standard InChI is InChI=1S/C23H24F4N2O4S/c1-13-11-28(16-5-8-20(21(24)9-16)23(25,26)27)12-14(2)29(13)34(32,33)17-6-3-15-4-7-18(22(30)31)19(15)10-17/h3,5-6,8-10,13-14,18H,4,7,11-12H2,1-2H3,(H,30,31)/t13-,14+,18?. The minimum absolute atomic E-state index is 0.00660. The van der Waals surface area contributed by atoms with Gasteiger partial charge in [0.05, 0.1) is 16.4 Å². The first-order valence-corrected chi connectivity index (χ1v) is 12.3. The molecular weight excluding hydrogens is 476 g/mol. The smallest absolute Gasteiger partial charge is 0.419 e. The zero-order valence-electron chi connectivity index (χ0n) is 18.5. The van der Waals surface area contributed by atoms with Crippen molar-refractivity contribution in [3.63, 3.8) is 0 Å². The summed E-state index contributed by atoms with van der Waals surface area (Å²) >= 11 is 0. The largest absolute Gasteiger partial charge is 0.481 e. The van der Waals surface area contributed by atoms with Crippen molar-refractivity contribution in [1.82, 2.24) is 4.31 Å². The van der Waals surface area contributed by atoms with Gasteiger partial charge in [-0.05, 0) is 68.1 Å². The topological polar surface area (TPSA) is 77.9 Å². The number of halogens is 4. The molecular formula is C23H24F4N2O4S. The van der Waals surface area contributed by atoms with Crippen LogP contribution >= 0.6 is 0 Å². The van der Waals surface area contributed by atoms with E-state index in [9.17, 15) is 35.9 Å². The van der Waals surface area contributed by atoms with E-state index in [-0.39, 0.29) is 23.7 Å². The number of fused-ring (bicyclic) bond motifs is 1. The van der Waals surface area contributed by atoms with Gasteiger partial charge >= 0.3 is 12.1 Å². The predicted octanol–water partition coefficient (Wildman–Crippen LogP) is 4.25. The molecule has 0 aromatic heterocycles. The van der Waals surface area contributed by atoms with E-state index < -0.39 is 51.6 Å². The van der Waals surface area contributed by atoms with Crippen LogP contribution in [0.4, 0.5) is 23.2 Å². The van der Waals surface area contributed by atoms with Gasteiger partial charge < -0.3 is 10.0 Å². The van der Waals surface area contributed by atoms with Gasteiger partial charge in [-0.2, -0.15) is 17.5 Å². The maximum atomic E-state index is 14.1. The predicted molar refractivity (Wildman–Crippen MR) is 117 cm³/mol. The molecule has 11 heteroatoms. The van der Waals surface area contributed by atoms with Crippen LogP contribution in [0.25, 0.3) is 0 Å². The van der Waals surface area contributed by atoms with Crippen molar-refractivity contribution >= 4 is 21.7 Å². The van der Waals surface area contributed by atoms with E-state index in [1.807, 2.05) is 0 Å². The van der Waals surface area contributed by atoms with Crippen LogP contribution in [0, 0.1) is 5.82 Å². The number of sulfonamides is 1. The molecule has 1 heterocycles. The number of benzene rings is 2. The Hall–Kier alpha value is -2.66. The summed E-state index contributed by atoms with van der Waals surface area (Å²) in [4.78, 5) is 13.2. The van der Waals surface area contributed by atoms with Gasteiger partial charge in [0.25, 0.3) is 0 Å². The van der Waals surface area contributed by atoms with Crippen LogP contribution in [0.5, 0.6) is 0 Å². The zero-order valence-corrected chi connectivity index (χ0v) is 19.3. The van der Waals surface area contributed by atoms with Gasteiger partial charge in [0.2, 0.25) is 10.0 Å². The van der Waals surface area contributed by atoms with Crippen LogP contribution in [-0.4, -0.2) is 49.0 Å². The molecule has 4 rings (SSSR count). The Balaban J connectivity index is 1.59. The quantitative estimate of drug-likeness (QED) is 0.636. The summed E-state index contributed by atoms with van der Waals surface area (Å²) in [7, 11) is -3.98. The zero-order chi connectivity index (χ0) is 25.0. The van der Waals surface area contributed by atoms with Crippen LogP contribution in [0.15, 0.2) is 41.3 Å². The summed E-state index contributed by atoms with van der Waals surface area (Å²) in [6.07, 6.45) is -3.81. The molecule has 0 amide bonds. The van der Waals surface area contributed by atoms with Gasteiger partial charge in [0.15, 0.2) is 0 Å². The van der Waals surface area contributed by atoms with E-state index in [1.54, 1.807) is 24.8 Å². The molecule has 2 aromatic carbocycles. The summed E-state index contributed by atoms with van der Waals surface area (Å²) < 4.78 is 81.1. The van der Waals surface area contributed by atoms with Gasteiger partial charge in [0.1, 0.15) is 5.82 Å². The fourth-order valence-corrected chi connectivity index (χ4v) is 6.88. The Morgan fingerprint density at radius 3 is 2.26 bits per heavy atom. The van der Waals surface area contributed by atoms with Gasteiger partial charge in [-0.3, -0.25) is 4.79 Å². The van der Waals surface area contributed by atoms with Crippen LogP contribution in [-0.2, 0) is 27.4 Å². The number of hydrogen-bond acceptors (Lipinski definition) is 4. The molecule has 1 N–H and O–H groups in total. The van der Waals surface area contributed by atoms with Gasteiger partial charge in [-0.25, -0.2) is 12.8 Å². The van der Waals surface area contributed by atoms with Gasteiger partial charge in [-0.15, -0.1) is 0 Å². The summed E-state index contributed by atoms with van der Waals surface area (Å²) in [5.74, 6) is -3.12. The van der Waals surface area contributed by atoms with Crippen LogP contribution in [0.3, 0.4) is 0 Å². The van der Waals surface area contributed by atoms with E-state index in [0.717, 1.165) is 11.6 Å². The normalized spacial score (nSPS) is 23.7. The number of aliphatic carboxylic acids is 1. The number of carboxylic acid groups (broad SMARTS) is 1. The van der Waals surface area contributed by atoms with Crippen molar-refractivity contribution in [3.8, 4) is 0 Å². The molecule has 1 fully saturated rings. The third-order valence-electron chi connectivity index (χ3n) is 6.53.